The Balaban J connectivity index is 1.39. The van der Waals surface area contributed by atoms with Gasteiger partial charge in [0.05, 0.1) is 18.6 Å². The predicted octanol–water partition coefficient (Wildman–Crippen LogP) is 3.15. The average molecular weight is 332 g/mol. The average Bonchev–Trinajstić information content (AvgIpc) is 3.27. The van der Waals surface area contributed by atoms with E-state index < -0.39 is 0 Å². The van der Waals surface area contributed by atoms with E-state index in [2.05, 4.69) is 44.8 Å². The van der Waals surface area contributed by atoms with Crippen LogP contribution in [-0.2, 0) is 32.5 Å². The van der Waals surface area contributed by atoms with Crippen LogP contribution in [0.1, 0.15) is 28.5 Å². The first-order chi connectivity index (χ1) is 12.3. The minimum absolute atomic E-state index is 0.373. The molecule has 0 atom stereocenters. The van der Waals surface area contributed by atoms with Crippen LogP contribution >= 0.6 is 0 Å². The fourth-order valence-electron chi connectivity index (χ4n) is 3.39. The number of aromatic nitrogens is 2. The van der Waals surface area contributed by atoms with Gasteiger partial charge in [0.2, 0.25) is 5.76 Å². The molecule has 5 nitrogen and oxygen atoms in total. The SMILES string of the molecule is N#Cc1ccc(CN2CCc3c(ncn3CCc3ccccc3)C2)o1. The number of nitrogens with zero attached hydrogens (tertiary/aromatic N) is 4. The normalized spacial score (nSPS) is 14.2. The third-order valence-electron chi connectivity index (χ3n) is 4.71. The van der Waals surface area contributed by atoms with E-state index in [9.17, 15) is 0 Å². The van der Waals surface area contributed by atoms with Crippen LogP contribution in [0.3, 0.4) is 0 Å². The highest BCUT2D eigenvalue weighted by Gasteiger charge is 2.21. The molecule has 0 saturated carbocycles. The fourth-order valence-corrected chi connectivity index (χ4v) is 3.39. The molecular formula is C20H20N4O. The van der Waals surface area contributed by atoms with Crippen LogP contribution in [0.5, 0.6) is 0 Å². The van der Waals surface area contributed by atoms with Gasteiger partial charge in [-0.15, -0.1) is 0 Å². The lowest BCUT2D eigenvalue weighted by molar-refractivity contribution is 0.220. The highest BCUT2D eigenvalue weighted by atomic mass is 16.3. The van der Waals surface area contributed by atoms with Crippen LogP contribution in [0.4, 0.5) is 0 Å². The maximum Gasteiger partial charge on any atom is 0.203 e. The Morgan fingerprint density at radius 1 is 1.16 bits per heavy atom. The van der Waals surface area contributed by atoms with Gasteiger partial charge in [0, 0.05) is 31.7 Å². The van der Waals surface area contributed by atoms with Crippen LogP contribution in [0.15, 0.2) is 53.2 Å². The second-order valence-electron chi connectivity index (χ2n) is 6.41. The Morgan fingerprint density at radius 2 is 2.04 bits per heavy atom. The van der Waals surface area contributed by atoms with Crippen molar-refractivity contribution in [1.82, 2.24) is 14.5 Å². The van der Waals surface area contributed by atoms with E-state index >= 15 is 0 Å². The first-order valence-corrected chi connectivity index (χ1v) is 8.60. The third kappa shape index (κ3) is 3.49. The van der Waals surface area contributed by atoms with Gasteiger partial charge in [0.25, 0.3) is 0 Å². The summed E-state index contributed by atoms with van der Waals surface area (Å²) < 4.78 is 7.78. The Labute approximate surface area is 147 Å². The van der Waals surface area contributed by atoms with Crippen molar-refractivity contribution in [1.29, 1.82) is 5.26 Å². The van der Waals surface area contributed by atoms with E-state index in [1.165, 1.54) is 11.3 Å². The molecule has 0 spiro atoms. The van der Waals surface area contributed by atoms with Gasteiger partial charge < -0.3 is 8.98 Å². The first-order valence-electron chi connectivity index (χ1n) is 8.60. The molecule has 0 fully saturated rings. The minimum Gasteiger partial charge on any atom is -0.449 e. The standard InChI is InChI=1S/C20H20N4O/c21-12-17-6-7-18(25-17)13-23-10-9-20-19(14-23)22-15-24(20)11-8-16-4-2-1-3-5-16/h1-7,15H,8-11,13-14H2. The molecule has 1 aliphatic rings. The van der Waals surface area contributed by atoms with Crippen LogP contribution in [-0.4, -0.2) is 21.0 Å². The molecule has 0 unspecified atom stereocenters. The number of rotatable bonds is 5. The summed E-state index contributed by atoms with van der Waals surface area (Å²) >= 11 is 0. The van der Waals surface area contributed by atoms with Crippen molar-refractivity contribution in [2.75, 3.05) is 6.54 Å². The number of aryl methyl sites for hydroxylation is 2. The summed E-state index contributed by atoms with van der Waals surface area (Å²) in [6.45, 7) is 3.50. The summed E-state index contributed by atoms with van der Waals surface area (Å²) in [5.74, 6) is 1.21. The molecule has 3 heterocycles. The molecule has 25 heavy (non-hydrogen) atoms. The number of furan rings is 1. The predicted molar refractivity (Wildman–Crippen MR) is 93.6 cm³/mol. The van der Waals surface area contributed by atoms with Crippen molar-refractivity contribution in [3.05, 3.63) is 77.3 Å². The van der Waals surface area contributed by atoms with Crippen LogP contribution in [0.25, 0.3) is 0 Å². The lowest BCUT2D eigenvalue weighted by Crippen LogP contribution is -2.30. The Hall–Kier alpha value is -2.84. The number of benzene rings is 1. The first kappa shape index (κ1) is 15.7. The van der Waals surface area contributed by atoms with Crippen molar-refractivity contribution < 1.29 is 4.42 Å². The van der Waals surface area contributed by atoms with Gasteiger partial charge >= 0.3 is 0 Å². The van der Waals surface area contributed by atoms with Gasteiger partial charge in [-0.2, -0.15) is 5.26 Å². The molecule has 4 rings (SSSR count). The summed E-state index contributed by atoms with van der Waals surface area (Å²) in [5.41, 5.74) is 3.87. The molecule has 0 bridgehead atoms. The fraction of sp³-hybridized carbons (Fsp3) is 0.300. The molecule has 2 aromatic heterocycles. The molecule has 0 aliphatic carbocycles. The van der Waals surface area contributed by atoms with Crippen molar-refractivity contribution in [2.24, 2.45) is 0 Å². The number of imidazole rings is 1. The summed E-state index contributed by atoms with van der Waals surface area (Å²) in [6, 6.07) is 16.2. The summed E-state index contributed by atoms with van der Waals surface area (Å²) in [4.78, 5) is 6.94. The molecule has 5 heteroatoms. The molecule has 0 radical (unpaired) electrons. The quantitative estimate of drug-likeness (QED) is 0.720. The number of hydrogen-bond acceptors (Lipinski definition) is 4. The van der Waals surface area contributed by atoms with E-state index in [1.807, 2.05) is 18.5 Å². The summed E-state index contributed by atoms with van der Waals surface area (Å²) in [6.07, 6.45) is 3.99. The van der Waals surface area contributed by atoms with E-state index in [0.29, 0.717) is 5.76 Å². The van der Waals surface area contributed by atoms with Crippen molar-refractivity contribution in [3.63, 3.8) is 0 Å². The van der Waals surface area contributed by atoms with Crippen molar-refractivity contribution in [2.45, 2.75) is 32.5 Å². The van der Waals surface area contributed by atoms with Crippen LogP contribution in [0, 0.1) is 11.3 Å². The lowest BCUT2D eigenvalue weighted by atomic mass is 10.1. The smallest absolute Gasteiger partial charge is 0.203 e. The van der Waals surface area contributed by atoms with E-state index in [4.69, 9.17) is 9.68 Å². The topological polar surface area (TPSA) is 58.0 Å². The molecular weight excluding hydrogens is 312 g/mol. The minimum atomic E-state index is 0.373. The highest BCUT2D eigenvalue weighted by Crippen LogP contribution is 2.21. The van der Waals surface area contributed by atoms with Crippen molar-refractivity contribution in [3.8, 4) is 6.07 Å². The molecule has 3 aromatic rings. The Morgan fingerprint density at radius 3 is 2.84 bits per heavy atom. The van der Waals surface area contributed by atoms with Gasteiger partial charge in [-0.05, 0) is 24.1 Å². The van der Waals surface area contributed by atoms with E-state index in [1.54, 1.807) is 6.07 Å². The van der Waals surface area contributed by atoms with Crippen LogP contribution in [0.2, 0.25) is 0 Å². The largest absolute Gasteiger partial charge is 0.449 e. The van der Waals surface area contributed by atoms with Gasteiger partial charge in [-0.3, -0.25) is 4.90 Å². The highest BCUT2D eigenvalue weighted by molar-refractivity contribution is 5.21. The van der Waals surface area contributed by atoms with E-state index in [0.717, 1.165) is 50.5 Å². The summed E-state index contributed by atoms with van der Waals surface area (Å²) in [7, 11) is 0. The van der Waals surface area contributed by atoms with Gasteiger partial charge in [-0.1, -0.05) is 30.3 Å². The Bertz CT molecular complexity index is 888. The zero-order valence-corrected chi connectivity index (χ0v) is 14.1. The molecule has 0 N–H and O–H groups in total. The lowest BCUT2D eigenvalue weighted by Gasteiger charge is -2.26. The van der Waals surface area contributed by atoms with Gasteiger partial charge in [-0.25, -0.2) is 4.98 Å². The molecule has 0 amide bonds. The number of fused-ring (bicyclic) bond motifs is 1. The second kappa shape index (κ2) is 6.96. The summed E-state index contributed by atoms with van der Waals surface area (Å²) in [5, 5.41) is 8.85. The monoisotopic (exact) mass is 332 g/mol. The molecule has 0 saturated heterocycles. The maximum absolute atomic E-state index is 8.85. The maximum atomic E-state index is 8.85. The van der Waals surface area contributed by atoms with Gasteiger partial charge in [0.1, 0.15) is 11.8 Å². The zero-order valence-electron chi connectivity index (χ0n) is 14.1. The van der Waals surface area contributed by atoms with Gasteiger partial charge in [0.15, 0.2) is 0 Å². The second-order valence-corrected chi connectivity index (χ2v) is 6.41. The molecule has 1 aromatic carbocycles. The van der Waals surface area contributed by atoms with E-state index in [-0.39, 0.29) is 0 Å². The van der Waals surface area contributed by atoms with Crippen molar-refractivity contribution >= 4 is 0 Å². The zero-order chi connectivity index (χ0) is 17.1. The van der Waals surface area contributed by atoms with Crippen LogP contribution < -0.4 is 0 Å². The molecule has 126 valence electrons. The Kier molecular flexibility index (Phi) is 4.36. The number of nitriles is 1. The molecule has 1 aliphatic heterocycles. The number of hydrogen-bond donors (Lipinski definition) is 0. The third-order valence-corrected chi connectivity index (χ3v) is 4.71.